The summed E-state index contributed by atoms with van der Waals surface area (Å²) in [6.07, 6.45) is -5.77. The molecule has 0 bridgehead atoms. The molecule has 4 rings (SSSR count). The molecule has 6 atom stereocenters. The monoisotopic (exact) mass is 518 g/mol. The van der Waals surface area contributed by atoms with Crippen molar-refractivity contribution in [1.82, 2.24) is 0 Å². The van der Waals surface area contributed by atoms with Crippen molar-refractivity contribution in [2.45, 2.75) is 30.7 Å². The van der Waals surface area contributed by atoms with Crippen molar-refractivity contribution in [2.75, 3.05) is 20.8 Å². The van der Waals surface area contributed by atoms with Crippen LogP contribution in [0.25, 0.3) is 6.08 Å². The van der Waals surface area contributed by atoms with Crippen molar-refractivity contribution in [3.8, 4) is 23.0 Å². The van der Waals surface area contributed by atoms with Crippen LogP contribution >= 0.6 is 0 Å². The number of hydrogen-bond acceptors (Lipinski definition) is 12. The van der Waals surface area contributed by atoms with Crippen LogP contribution in [0.5, 0.6) is 23.0 Å². The number of aliphatic hydroxyl groups excluding tert-OH is 3. The van der Waals surface area contributed by atoms with Gasteiger partial charge in [-0.25, -0.2) is 4.79 Å². The lowest BCUT2D eigenvalue weighted by Gasteiger charge is -2.21. The number of aromatic hydroxyl groups is 2. The van der Waals surface area contributed by atoms with E-state index in [4.69, 9.17) is 23.7 Å². The Labute approximate surface area is 210 Å². The molecule has 0 amide bonds. The van der Waals surface area contributed by atoms with E-state index < -0.39 is 55.2 Å². The van der Waals surface area contributed by atoms with Gasteiger partial charge >= 0.3 is 11.9 Å². The van der Waals surface area contributed by atoms with Crippen LogP contribution in [-0.4, -0.2) is 82.9 Å². The summed E-state index contributed by atoms with van der Waals surface area (Å²) in [5.41, 5.74) is 0.593. The first kappa shape index (κ1) is 26.2. The predicted octanol–water partition coefficient (Wildman–Crippen LogP) is 0.395. The summed E-state index contributed by atoms with van der Waals surface area (Å²) in [7, 11) is 2.68. The molecule has 5 N–H and O–H groups in total. The smallest absolute Gasteiger partial charge is 0.335 e. The largest absolute Gasteiger partial charge is 0.504 e. The van der Waals surface area contributed by atoms with E-state index in [1.165, 1.54) is 56.7 Å². The molecular formula is C25H26O12. The molecular weight excluding hydrogens is 492 g/mol. The number of benzene rings is 2. The third-order valence-corrected chi connectivity index (χ3v) is 6.15. The Morgan fingerprint density at radius 2 is 1.65 bits per heavy atom. The number of cyclic esters (lactones) is 1. The van der Waals surface area contributed by atoms with Gasteiger partial charge in [0.05, 0.1) is 26.4 Å². The number of ether oxygens (including phenoxy) is 5. The molecule has 12 nitrogen and oxygen atoms in total. The van der Waals surface area contributed by atoms with E-state index in [-0.39, 0.29) is 28.6 Å². The average Bonchev–Trinajstić information content (AvgIpc) is 3.36. The van der Waals surface area contributed by atoms with Gasteiger partial charge in [0, 0.05) is 0 Å². The number of methoxy groups -OCH3 is 2. The highest BCUT2D eigenvalue weighted by Crippen LogP contribution is 2.43. The van der Waals surface area contributed by atoms with Crippen LogP contribution < -0.4 is 9.47 Å². The molecule has 12 heteroatoms. The van der Waals surface area contributed by atoms with Crippen LogP contribution in [0.4, 0.5) is 0 Å². The fourth-order valence-corrected chi connectivity index (χ4v) is 4.19. The predicted molar refractivity (Wildman–Crippen MR) is 123 cm³/mol. The lowest BCUT2D eigenvalue weighted by atomic mass is 9.90. The number of phenolic OH excluding ortho intramolecular Hbond substituents is 2. The lowest BCUT2D eigenvalue weighted by molar-refractivity contribution is -0.194. The molecule has 0 saturated carbocycles. The molecule has 2 saturated heterocycles. The second-order valence-electron chi connectivity index (χ2n) is 8.41. The van der Waals surface area contributed by atoms with Crippen molar-refractivity contribution in [3.05, 3.63) is 53.1 Å². The zero-order valence-electron chi connectivity index (χ0n) is 19.8. The average molecular weight is 518 g/mol. The first-order valence-corrected chi connectivity index (χ1v) is 11.2. The molecule has 2 fully saturated rings. The Morgan fingerprint density at radius 3 is 2.27 bits per heavy atom. The minimum Gasteiger partial charge on any atom is -0.504 e. The van der Waals surface area contributed by atoms with Crippen LogP contribution in [0.1, 0.15) is 17.2 Å². The molecule has 0 aliphatic carbocycles. The van der Waals surface area contributed by atoms with Crippen LogP contribution in [0.3, 0.4) is 0 Å². The molecule has 0 radical (unpaired) electrons. The first-order valence-electron chi connectivity index (χ1n) is 11.2. The summed E-state index contributed by atoms with van der Waals surface area (Å²) < 4.78 is 26.3. The van der Waals surface area contributed by atoms with Crippen molar-refractivity contribution in [2.24, 2.45) is 5.92 Å². The Balaban J connectivity index is 1.73. The van der Waals surface area contributed by atoms with Gasteiger partial charge in [0.1, 0.15) is 30.3 Å². The van der Waals surface area contributed by atoms with Gasteiger partial charge in [-0.2, -0.15) is 0 Å². The van der Waals surface area contributed by atoms with Gasteiger partial charge in [0.25, 0.3) is 0 Å². The Kier molecular flexibility index (Phi) is 7.55. The minimum absolute atomic E-state index is 0.0739. The number of phenols is 2. The summed E-state index contributed by atoms with van der Waals surface area (Å²) in [5, 5.41) is 49.4. The topological polar surface area (TPSA) is 181 Å². The Hall–Kier alpha value is -3.84. The third-order valence-electron chi connectivity index (χ3n) is 6.15. The second-order valence-corrected chi connectivity index (χ2v) is 8.41. The number of hydrogen-bond donors (Lipinski definition) is 5. The van der Waals surface area contributed by atoms with Crippen LogP contribution in [-0.2, 0) is 23.8 Å². The van der Waals surface area contributed by atoms with Crippen molar-refractivity contribution in [1.29, 1.82) is 0 Å². The van der Waals surface area contributed by atoms with Gasteiger partial charge in [0.2, 0.25) is 6.29 Å². The van der Waals surface area contributed by atoms with E-state index >= 15 is 0 Å². The number of esters is 2. The van der Waals surface area contributed by atoms with Gasteiger partial charge in [-0.15, -0.1) is 0 Å². The number of aliphatic hydroxyl groups is 3. The van der Waals surface area contributed by atoms with Gasteiger partial charge in [-0.05, 0) is 41.5 Å². The van der Waals surface area contributed by atoms with Gasteiger partial charge in [-0.3, -0.25) is 4.79 Å². The van der Waals surface area contributed by atoms with E-state index in [2.05, 4.69) is 0 Å². The van der Waals surface area contributed by atoms with E-state index in [1.807, 2.05) is 0 Å². The first-order chi connectivity index (χ1) is 17.7. The quantitative estimate of drug-likeness (QED) is 0.252. The van der Waals surface area contributed by atoms with Gasteiger partial charge in [0.15, 0.2) is 23.0 Å². The maximum atomic E-state index is 13.4. The van der Waals surface area contributed by atoms with Gasteiger partial charge in [-0.1, -0.05) is 12.1 Å². The molecule has 2 heterocycles. The molecule has 2 aromatic rings. The van der Waals surface area contributed by atoms with E-state index in [9.17, 15) is 35.1 Å². The van der Waals surface area contributed by atoms with E-state index in [0.717, 1.165) is 0 Å². The standard InChI is InChI=1S/C25H26O12/c1-33-16-8-11(3-5-14(16)27)7-13-19(24(32)37-25-21(30)20(29)18(10-26)35-25)22(36-23(13)31)12-4-6-15(28)17(9-12)34-2/h3-9,18-22,25-30H,10H2,1-2H3/b13-7-/t18-,19?,20-,21+,22?,25-/m0/s1. The summed E-state index contributed by atoms with van der Waals surface area (Å²) >= 11 is 0. The van der Waals surface area contributed by atoms with Crippen LogP contribution in [0.15, 0.2) is 42.0 Å². The van der Waals surface area contributed by atoms with Crippen molar-refractivity contribution in [3.63, 3.8) is 0 Å². The Morgan fingerprint density at radius 1 is 1.00 bits per heavy atom. The summed E-state index contributed by atoms with van der Waals surface area (Å²) in [6.45, 7) is -0.624. The number of carbonyl (C=O) groups is 2. The highest BCUT2D eigenvalue weighted by molar-refractivity contribution is 6.03. The fraction of sp³-hybridized carbons (Fsp3) is 0.360. The molecule has 0 spiro atoms. The third kappa shape index (κ3) is 5.04. The maximum Gasteiger partial charge on any atom is 0.335 e. The molecule has 2 aromatic carbocycles. The van der Waals surface area contributed by atoms with Crippen molar-refractivity contribution >= 4 is 18.0 Å². The molecule has 2 unspecified atom stereocenters. The highest BCUT2D eigenvalue weighted by Gasteiger charge is 2.50. The zero-order chi connectivity index (χ0) is 26.9. The molecule has 198 valence electrons. The van der Waals surface area contributed by atoms with Crippen LogP contribution in [0.2, 0.25) is 0 Å². The maximum absolute atomic E-state index is 13.4. The van der Waals surface area contributed by atoms with Gasteiger partial charge < -0.3 is 49.2 Å². The second kappa shape index (κ2) is 10.6. The Bertz CT molecular complexity index is 1210. The number of rotatable bonds is 7. The summed E-state index contributed by atoms with van der Waals surface area (Å²) in [4.78, 5) is 26.4. The van der Waals surface area contributed by atoms with Crippen molar-refractivity contribution < 1.29 is 58.8 Å². The highest BCUT2D eigenvalue weighted by atomic mass is 16.7. The molecule has 37 heavy (non-hydrogen) atoms. The molecule has 2 aliphatic heterocycles. The molecule has 0 aromatic heterocycles. The molecule has 2 aliphatic rings. The summed E-state index contributed by atoms with van der Waals surface area (Å²) in [5.74, 6) is -3.33. The lowest BCUT2D eigenvalue weighted by Crippen LogP contribution is -2.36. The fourth-order valence-electron chi connectivity index (χ4n) is 4.19. The van der Waals surface area contributed by atoms with E-state index in [1.54, 1.807) is 0 Å². The minimum atomic E-state index is -1.64. The van der Waals surface area contributed by atoms with Crippen LogP contribution in [0, 0.1) is 5.92 Å². The zero-order valence-corrected chi connectivity index (χ0v) is 19.8. The van der Waals surface area contributed by atoms with E-state index in [0.29, 0.717) is 11.1 Å². The summed E-state index contributed by atoms with van der Waals surface area (Å²) in [6, 6.07) is 8.43. The normalized spacial score (nSPS) is 28.2. The number of carbonyl (C=O) groups excluding carboxylic acids is 2. The SMILES string of the molecule is COc1cc(/C=C2\C(=O)OC(c3ccc(O)c(OC)c3)C2C(=O)O[C@@H]2O[C@@H](CO)[C@H](O)[C@H]2O)ccc1O.